The molecule has 2 saturated heterocycles. The largest absolute Gasteiger partial charge is 0.342 e. The van der Waals surface area contributed by atoms with Gasteiger partial charge in [0.25, 0.3) is 0 Å². The first-order chi connectivity index (χ1) is 18.2. The van der Waals surface area contributed by atoms with Crippen LogP contribution in [0.15, 0.2) is 42.5 Å². The van der Waals surface area contributed by atoms with E-state index in [-0.39, 0.29) is 24.3 Å². The maximum atomic E-state index is 14.0. The molecule has 3 amide bonds. The number of likely N-dealkylation sites (N-methyl/N-ethyl adjacent to an activating group) is 1. The Bertz CT molecular complexity index is 1370. The van der Waals surface area contributed by atoms with Gasteiger partial charge < -0.3 is 20.9 Å². The maximum absolute atomic E-state index is 14.0. The molecule has 2 aromatic carbocycles. The monoisotopic (exact) mass is 557 g/mol. The summed E-state index contributed by atoms with van der Waals surface area (Å²) >= 11 is 0. The lowest BCUT2D eigenvalue weighted by atomic mass is 9.85. The van der Waals surface area contributed by atoms with Gasteiger partial charge in [0.2, 0.25) is 27.7 Å². The minimum absolute atomic E-state index is 0.0132. The second kappa shape index (κ2) is 10.9. The van der Waals surface area contributed by atoms with E-state index in [1.807, 2.05) is 63.2 Å². The molecule has 39 heavy (non-hydrogen) atoms. The van der Waals surface area contributed by atoms with Gasteiger partial charge in [0.05, 0.1) is 24.3 Å². The van der Waals surface area contributed by atoms with Crippen molar-refractivity contribution in [2.45, 2.75) is 58.3 Å². The van der Waals surface area contributed by atoms with Crippen LogP contribution in [0.2, 0.25) is 0 Å². The molecule has 0 aliphatic carbocycles. The lowest BCUT2D eigenvalue weighted by Crippen LogP contribution is -2.59. The molecule has 0 radical (unpaired) electrons. The van der Waals surface area contributed by atoms with E-state index in [0.717, 1.165) is 17.0 Å². The highest BCUT2D eigenvalue weighted by Crippen LogP contribution is 2.39. The van der Waals surface area contributed by atoms with Gasteiger partial charge in [-0.15, -0.1) is 0 Å². The summed E-state index contributed by atoms with van der Waals surface area (Å²) in [4.78, 5) is 42.0. The third-order valence-electron chi connectivity index (χ3n) is 7.87. The lowest BCUT2D eigenvalue weighted by Gasteiger charge is -2.37. The molecule has 10 nitrogen and oxygen atoms in total. The van der Waals surface area contributed by atoms with E-state index in [1.165, 1.54) is 4.31 Å². The number of carbonyl (C=O) groups excluding carboxylic acids is 3. The molecular formula is C28H39N5O5S. The summed E-state index contributed by atoms with van der Waals surface area (Å²) < 4.78 is 26.7. The number of fused-ring (bicyclic) bond motifs is 2. The molecule has 212 valence electrons. The van der Waals surface area contributed by atoms with E-state index in [2.05, 4.69) is 16.0 Å². The molecule has 2 aliphatic rings. The Balaban J connectivity index is 1.63. The first-order valence-corrected chi connectivity index (χ1v) is 15.1. The summed E-state index contributed by atoms with van der Waals surface area (Å²) in [6.07, 6.45) is 1.55. The minimum Gasteiger partial charge on any atom is -0.342 e. The van der Waals surface area contributed by atoms with Gasteiger partial charge in [0.15, 0.2) is 0 Å². The number of nitrogens with zero attached hydrogens (tertiary/aromatic N) is 2. The molecule has 2 aliphatic heterocycles. The van der Waals surface area contributed by atoms with Crippen LogP contribution in [0.5, 0.6) is 0 Å². The van der Waals surface area contributed by atoms with Crippen LogP contribution in [0.3, 0.4) is 0 Å². The standard InChI is InChI=1S/C28H39N5O5S/c1-17(29-5)25(34)31-24(28(2,3)4)27(36)32-14-13-22-23(32)21(16-33(22)39(6,37)38)26(35)30-20-12-11-18-9-7-8-10-19(18)15-20/h7-12,15,17,21-24,29H,13-14,16H2,1-6H3,(H,30,35)(H,31,34)/t17-,21-,22+,23+,24+/m0/s1. The van der Waals surface area contributed by atoms with E-state index in [4.69, 9.17) is 0 Å². The van der Waals surface area contributed by atoms with Crippen LogP contribution in [0.4, 0.5) is 5.69 Å². The predicted molar refractivity (Wildman–Crippen MR) is 151 cm³/mol. The summed E-state index contributed by atoms with van der Waals surface area (Å²) in [7, 11) is -1.95. The molecule has 0 aromatic heterocycles. The highest BCUT2D eigenvalue weighted by Gasteiger charge is 2.56. The van der Waals surface area contributed by atoms with Gasteiger partial charge in [0.1, 0.15) is 6.04 Å². The normalized spacial score (nSPS) is 23.3. The first kappa shape index (κ1) is 29.0. The van der Waals surface area contributed by atoms with Crippen molar-refractivity contribution in [3.8, 4) is 0 Å². The average molecular weight is 558 g/mol. The van der Waals surface area contributed by atoms with Gasteiger partial charge in [0, 0.05) is 24.8 Å². The minimum atomic E-state index is -3.62. The Kier molecular flexibility index (Phi) is 8.07. The molecule has 2 aromatic rings. The summed E-state index contributed by atoms with van der Waals surface area (Å²) in [5.41, 5.74) is -0.0131. The van der Waals surface area contributed by atoms with Gasteiger partial charge in [-0.2, -0.15) is 4.31 Å². The van der Waals surface area contributed by atoms with Gasteiger partial charge >= 0.3 is 0 Å². The van der Waals surface area contributed by atoms with Gasteiger partial charge in [-0.05, 0) is 48.7 Å². The molecule has 0 bridgehead atoms. The molecule has 0 unspecified atom stereocenters. The molecule has 2 heterocycles. The molecule has 5 atom stereocenters. The number of carbonyl (C=O) groups is 3. The zero-order chi connectivity index (χ0) is 28.7. The van der Waals surface area contributed by atoms with Crippen LogP contribution in [0.1, 0.15) is 34.1 Å². The van der Waals surface area contributed by atoms with Crippen molar-refractivity contribution < 1.29 is 22.8 Å². The van der Waals surface area contributed by atoms with Crippen LogP contribution < -0.4 is 16.0 Å². The number of benzene rings is 2. The van der Waals surface area contributed by atoms with Crippen molar-refractivity contribution in [1.82, 2.24) is 19.8 Å². The molecule has 2 fully saturated rings. The number of nitrogens with one attached hydrogen (secondary N) is 3. The summed E-state index contributed by atoms with van der Waals surface area (Å²) in [5.74, 6) is -1.73. The Morgan fingerprint density at radius 1 is 1.05 bits per heavy atom. The second-order valence-electron chi connectivity index (χ2n) is 11.7. The predicted octanol–water partition coefficient (Wildman–Crippen LogP) is 1.78. The van der Waals surface area contributed by atoms with Gasteiger partial charge in [-0.3, -0.25) is 14.4 Å². The quantitative estimate of drug-likeness (QED) is 0.476. The van der Waals surface area contributed by atoms with Crippen molar-refractivity contribution in [2.75, 3.05) is 31.7 Å². The van der Waals surface area contributed by atoms with Crippen molar-refractivity contribution >= 4 is 44.2 Å². The van der Waals surface area contributed by atoms with Crippen molar-refractivity contribution in [1.29, 1.82) is 0 Å². The van der Waals surface area contributed by atoms with Crippen LogP contribution >= 0.6 is 0 Å². The fraction of sp³-hybridized carbons (Fsp3) is 0.536. The molecular weight excluding hydrogens is 518 g/mol. The molecule has 11 heteroatoms. The molecule has 0 spiro atoms. The van der Waals surface area contributed by atoms with Gasteiger partial charge in [-0.25, -0.2) is 8.42 Å². The van der Waals surface area contributed by atoms with E-state index >= 15 is 0 Å². The zero-order valence-electron chi connectivity index (χ0n) is 23.4. The number of likely N-dealkylation sites (tertiary alicyclic amines) is 1. The number of hydrogen-bond donors (Lipinski definition) is 3. The number of amides is 3. The summed E-state index contributed by atoms with van der Waals surface area (Å²) in [6, 6.07) is 10.9. The fourth-order valence-corrected chi connectivity index (χ4v) is 6.78. The number of hydrogen-bond acceptors (Lipinski definition) is 6. The SMILES string of the molecule is CN[C@@H](C)C(=O)N[C@H](C(=O)N1CC[C@@H]2[C@H]1[C@@H](C(=O)Nc1ccc3ccccc3c1)CN2S(C)(=O)=O)C(C)(C)C. The number of rotatable bonds is 7. The Labute approximate surface area is 230 Å². The molecule has 3 N–H and O–H groups in total. The number of sulfonamides is 1. The van der Waals surface area contributed by atoms with Crippen LogP contribution in [0.25, 0.3) is 10.8 Å². The lowest BCUT2D eigenvalue weighted by molar-refractivity contribution is -0.141. The third kappa shape index (κ3) is 5.95. The average Bonchev–Trinajstić information content (AvgIpc) is 3.46. The van der Waals surface area contributed by atoms with E-state index in [1.54, 1.807) is 18.9 Å². The highest BCUT2D eigenvalue weighted by molar-refractivity contribution is 7.88. The smallest absolute Gasteiger partial charge is 0.246 e. The fourth-order valence-electron chi connectivity index (χ4n) is 5.63. The topological polar surface area (TPSA) is 128 Å². The van der Waals surface area contributed by atoms with Crippen molar-refractivity contribution in [3.05, 3.63) is 42.5 Å². The van der Waals surface area contributed by atoms with E-state index < -0.39 is 45.5 Å². The van der Waals surface area contributed by atoms with Crippen LogP contribution in [-0.4, -0.2) is 85.9 Å². The number of anilines is 1. The van der Waals surface area contributed by atoms with Crippen molar-refractivity contribution in [3.63, 3.8) is 0 Å². The Morgan fingerprint density at radius 2 is 1.72 bits per heavy atom. The van der Waals surface area contributed by atoms with Crippen LogP contribution in [-0.2, 0) is 24.4 Å². The summed E-state index contributed by atoms with van der Waals surface area (Å²) in [6.45, 7) is 7.60. The Hall–Kier alpha value is -3.02. The zero-order valence-corrected chi connectivity index (χ0v) is 24.2. The Morgan fingerprint density at radius 3 is 2.33 bits per heavy atom. The first-order valence-electron chi connectivity index (χ1n) is 13.3. The van der Waals surface area contributed by atoms with Gasteiger partial charge in [-0.1, -0.05) is 51.1 Å². The van der Waals surface area contributed by atoms with E-state index in [9.17, 15) is 22.8 Å². The molecule has 4 rings (SSSR count). The van der Waals surface area contributed by atoms with E-state index in [0.29, 0.717) is 18.7 Å². The third-order valence-corrected chi connectivity index (χ3v) is 9.14. The second-order valence-corrected chi connectivity index (χ2v) is 13.6. The molecule has 0 saturated carbocycles. The summed E-state index contributed by atoms with van der Waals surface area (Å²) in [5, 5.41) is 10.7. The highest BCUT2D eigenvalue weighted by atomic mass is 32.2. The maximum Gasteiger partial charge on any atom is 0.246 e. The van der Waals surface area contributed by atoms with Crippen molar-refractivity contribution in [2.24, 2.45) is 11.3 Å². The van der Waals surface area contributed by atoms with Crippen LogP contribution in [0, 0.1) is 11.3 Å².